The molecule has 2 aliphatic carbocycles. The van der Waals surface area contributed by atoms with Crippen LogP contribution in [0.5, 0.6) is 0 Å². The Hall–Kier alpha value is -1.95. The molecule has 6 heteroatoms. The summed E-state index contributed by atoms with van der Waals surface area (Å²) in [4.78, 5) is 9.45. The monoisotopic (exact) mass is 337 g/mol. The summed E-state index contributed by atoms with van der Waals surface area (Å²) in [6, 6.07) is 8.67. The molecular formula is C18H19N5S. The maximum atomic E-state index is 4.78. The molecule has 0 aliphatic heterocycles. The van der Waals surface area contributed by atoms with Crippen LogP contribution in [0.3, 0.4) is 0 Å². The molecule has 2 fully saturated rings. The number of aromatic nitrogens is 5. The Morgan fingerprint density at radius 2 is 1.79 bits per heavy atom. The van der Waals surface area contributed by atoms with Crippen molar-refractivity contribution in [2.45, 2.75) is 55.3 Å². The number of rotatable bonds is 5. The predicted molar refractivity (Wildman–Crippen MR) is 94.1 cm³/mol. The summed E-state index contributed by atoms with van der Waals surface area (Å²) in [5, 5.41) is 9.97. The second kappa shape index (κ2) is 5.55. The molecule has 2 aliphatic rings. The molecule has 5 rings (SSSR count). The Morgan fingerprint density at radius 1 is 1.04 bits per heavy atom. The van der Waals surface area contributed by atoms with Gasteiger partial charge in [-0.25, -0.2) is 9.97 Å². The van der Waals surface area contributed by atoms with Crippen molar-refractivity contribution in [1.82, 2.24) is 24.7 Å². The summed E-state index contributed by atoms with van der Waals surface area (Å²) in [6.07, 6.45) is 5.08. The average molecular weight is 337 g/mol. The summed E-state index contributed by atoms with van der Waals surface area (Å²) >= 11 is 1.72. The second-order valence-corrected chi connectivity index (χ2v) is 7.71. The molecule has 0 unspecified atom stereocenters. The molecule has 0 bridgehead atoms. The number of benzene rings is 1. The van der Waals surface area contributed by atoms with Crippen LogP contribution in [-0.2, 0) is 5.75 Å². The molecule has 1 aromatic carbocycles. The van der Waals surface area contributed by atoms with Gasteiger partial charge in [-0.1, -0.05) is 23.9 Å². The van der Waals surface area contributed by atoms with E-state index in [4.69, 9.17) is 4.98 Å². The summed E-state index contributed by atoms with van der Waals surface area (Å²) in [6.45, 7) is 2.03. The lowest BCUT2D eigenvalue weighted by molar-refractivity contribution is 0.661. The maximum absolute atomic E-state index is 4.78. The van der Waals surface area contributed by atoms with Gasteiger partial charge in [-0.3, -0.25) is 0 Å². The lowest BCUT2D eigenvalue weighted by atomic mass is 10.3. The molecule has 0 spiro atoms. The molecule has 0 radical (unpaired) electrons. The highest BCUT2D eigenvalue weighted by atomic mass is 32.2. The topological polar surface area (TPSA) is 56.5 Å². The first-order valence-electron chi connectivity index (χ1n) is 8.59. The number of thioether (sulfide) groups is 1. The zero-order valence-electron chi connectivity index (χ0n) is 13.6. The van der Waals surface area contributed by atoms with E-state index in [1.165, 1.54) is 31.5 Å². The van der Waals surface area contributed by atoms with Crippen LogP contribution in [0.2, 0.25) is 0 Å². The van der Waals surface area contributed by atoms with Gasteiger partial charge in [0.25, 0.3) is 0 Å². The van der Waals surface area contributed by atoms with Gasteiger partial charge in [-0.2, -0.15) is 0 Å². The maximum Gasteiger partial charge on any atom is 0.143 e. The van der Waals surface area contributed by atoms with Crippen LogP contribution >= 0.6 is 11.8 Å². The van der Waals surface area contributed by atoms with Crippen LogP contribution in [0.4, 0.5) is 0 Å². The van der Waals surface area contributed by atoms with Crippen LogP contribution in [0.15, 0.2) is 29.3 Å². The number of aryl methyl sites for hydroxylation is 1. The van der Waals surface area contributed by atoms with Gasteiger partial charge in [0.05, 0.1) is 22.5 Å². The van der Waals surface area contributed by atoms with Crippen molar-refractivity contribution < 1.29 is 0 Å². The van der Waals surface area contributed by atoms with Gasteiger partial charge < -0.3 is 4.57 Å². The fourth-order valence-corrected chi connectivity index (χ4v) is 4.01. The predicted octanol–water partition coefficient (Wildman–Crippen LogP) is 4.03. The van der Waals surface area contributed by atoms with Gasteiger partial charge in [0.15, 0.2) is 0 Å². The van der Waals surface area contributed by atoms with E-state index in [9.17, 15) is 0 Å². The average Bonchev–Trinajstić information content (AvgIpc) is 3.51. The third kappa shape index (κ3) is 2.59. The summed E-state index contributed by atoms with van der Waals surface area (Å²) in [5.41, 5.74) is 2.89. The number of hydrogen-bond acceptors (Lipinski definition) is 5. The number of fused-ring (bicyclic) bond motifs is 1. The molecular weight excluding hydrogens is 318 g/mol. The lowest BCUT2D eigenvalue weighted by Gasteiger charge is -2.09. The molecule has 0 saturated heterocycles. The molecule has 3 aromatic rings. The van der Waals surface area contributed by atoms with Gasteiger partial charge in [0, 0.05) is 12.0 Å². The van der Waals surface area contributed by atoms with E-state index >= 15 is 0 Å². The molecule has 0 atom stereocenters. The highest BCUT2D eigenvalue weighted by molar-refractivity contribution is 7.98. The van der Waals surface area contributed by atoms with E-state index in [-0.39, 0.29) is 0 Å². The third-order valence-electron chi connectivity index (χ3n) is 4.69. The summed E-state index contributed by atoms with van der Waals surface area (Å²) < 4.78 is 2.41. The fraction of sp³-hybridized carbons (Fsp3) is 0.444. The SMILES string of the molecule is Cc1nc2ccccc2nc1SCc1nnc(C2CC2)n1C1CC1. The minimum atomic E-state index is 0.634. The van der Waals surface area contributed by atoms with E-state index < -0.39 is 0 Å². The zero-order valence-corrected chi connectivity index (χ0v) is 14.5. The van der Waals surface area contributed by atoms with E-state index in [1.807, 2.05) is 31.2 Å². The standard InChI is InChI=1S/C18H19N5S/c1-11-18(20-15-5-3-2-4-14(15)19-11)24-10-16-21-22-17(12-6-7-12)23(16)13-8-9-13/h2-5,12-13H,6-10H2,1H3. The van der Waals surface area contributed by atoms with Crippen LogP contribution < -0.4 is 0 Å². The highest BCUT2D eigenvalue weighted by Crippen LogP contribution is 2.45. The van der Waals surface area contributed by atoms with E-state index in [2.05, 4.69) is 19.7 Å². The Balaban J connectivity index is 1.42. The van der Waals surface area contributed by atoms with Crippen LogP contribution in [0, 0.1) is 6.92 Å². The quantitative estimate of drug-likeness (QED) is 0.658. The number of hydrogen-bond donors (Lipinski definition) is 0. The van der Waals surface area contributed by atoms with Crippen molar-refractivity contribution in [2.75, 3.05) is 0 Å². The van der Waals surface area contributed by atoms with Gasteiger partial charge in [0.1, 0.15) is 16.7 Å². The lowest BCUT2D eigenvalue weighted by Crippen LogP contribution is -2.05. The Morgan fingerprint density at radius 3 is 2.50 bits per heavy atom. The largest absolute Gasteiger partial charge is 0.311 e. The minimum Gasteiger partial charge on any atom is -0.311 e. The Bertz CT molecular complexity index is 911. The zero-order chi connectivity index (χ0) is 16.1. The Kier molecular flexibility index (Phi) is 3.33. The van der Waals surface area contributed by atoms with E-state index in [1.54, 1.807) is 11.8 Å². The molecule has 5 nitrogen and oxygen atoms in total. The molecule has 0 N–H and O–H groups in total. The number of nitrogens with zero attached hydrogens (tertiary/aromatic N) is 5. The molecule has 2 heterocycles. The van der Waals surface area contributed by atoms with Crippen molar-refractivity contribution in [3.63, 3.8) is 0 Å². The molecule has 0 amide bonds. The molecule has 2 saturated carbocycles. The molecule has 122 valence electrons. The van der Waals surface area contributed by atoms with Crippen molar-refractivity contribution in [1.29, 1.82) is 0 Å². The Labute approximate surface area is 144 Å². The normalized spacial score (nSPS) is 17.5. The van der Waals surface area contributed by atoms with Crippen molar-refractivity contribution in [3.05, 3.63) is 41.6 Å². The van der Waals surface area contributed by atoms with Gasteiger partial charge >= 0.3 is 0 Å². The summed E-state index contributed by atoms with van der Waals surface area (Å²) in [7, 11) is 0. The first kappa shape index (κ1) is 14.4. The van der Waals surface area contributed by atoms with Crippen LogP contribution in [0.25, 0.3) is 11.0 Å². The van der Waals surface area contributed by atoms with Gasteiger partial charge in [-0.05, 0) is 44.7 Å². The van der Waals surface area contributed by atoms with Crippen LogP contribution in [-0.4, -0.2) is 24.7 Å². The first-order chi connectivity index (χ1) is 11.8. The highest BCUT2D eigenvalue weighted by Gasteiger charge is 2.36. The van der Waals surface area contributed by atoms with Crippen LogP contribution in [0.1, 0.15) is 55.0 Å². The third-order valence-corrected chi connectivity index (χ3v) is 5.75. The van der Waals surface area contributed by atoms with Crippen molar-refractivity contribution >= 4 is 22.8 Å². The first-order valence-corrected chi connectivity index (χ1v) is 9.58. The molecule has 24 heavy (non-hydrogen) atoms. The number of para-hydroxylation sites is 2. The van der Waals surface area contributed by atoms with E-state index in [0.717, 1.165) is 33.3 Å². The molecule has 2 aromatic heterocycles. The fourth-order valence-electron chi connectivity index (χ4n) is 3.13. The van der Waals surface area contributed by atoms with Crippen molar-refractivity contribution in [2.24, 2.45) is 0 Å². The van der Waals surface area contributed by atoms with Gasteiger partial charge in [-0.15, -0.1) is 10.2 Å². The smallest absolute Gasteiger partial charge is 0.143 e. The van der Waals surface area contributed by atoms with E-state index in [0.29, 0.717) is 12.0 Å². The van der Waals surface area contributed by atoms with Gasteiger partial charge in [0.2, 0.25) is 0 Å². The summed E-state index contributed by atoms with van der Waals surface area (Å²) in [5.74, 6) is 3.77. The van der Waals surface area contributed by atoms with Crippen molar-refractivity contribution in [3.8, 4) is 0 Å². The second-order valence-electron chi connectivity index (χ2n) is 6.74. The minimum absolute atomic E-state index is 0.634.